The van der Waals surface area contributed by atoms with E-state index in [4.69, 9.17) is 26.9 Å². The van der Waals surface area contributed by atoms with Crippen LogP contribution in [0.5, 0.6) is 11.5 Å². The van der Waals surface area contributed by atoms with Gasteiger partial charge in [0, 0.05) is 91.0 Å². The maximum atomic E-state index is 13.6. The number of fused-ring (bicyclic) bond motifs is 1. The van der Waals surface area contributed by atoms with Crippen molar-refractivity contribution in [1.82, 2.24) is 25.8 Å². The van der Waals surface area contributed by atoms with E-state index >= 15 is 0 Å². The summed E-state index contributed by atoms with van der Waals surface area (Å²) in [5.74, 6) is -4.27. The van der Waals surface area contributed by atoms with Gasteiger partial charge in [-0.2, -0.15) is 0 Å². The third-order valence-electron chi connectivity index (χ3n) is 20.3. The Hall–Kier alpha value is -10.3. The predicted octanol–water partition coefficient (Wildman–Crippen LogP) is 16.7. The zero-order chi connectivity index (χ0) is 85.3. The smallest absolute Gasteiger partial charge is 0.272 e. The number of nitrogens with one attached hydrogen (secondary N) is 3. The Morgan fingerprint density at radius 1 is 0.448 bits per heavy atom. The number of ketones is 1. The quantitative estimate of drug-likeness (QED) is 0.0210. The van der Waals surface area contributed by atoms with Crippen LogP contribution < -0.4 is 42.8 Å². The number of nitrogens with two attached hydrogens (primary N) is 3. The average Bonchev–Trinajstić information content (AvgIpc) is 1.63. The normalized spacial score (nSPS) is 16.6. The molecule has 3 aliphatic heterocycles. The van der Waals surface area contributed by atoms with E-state index in [9.17, 15) is 47.9 Å². The molecular formula is C95H138N10O11. The molecule has 6 aromatic carbocycles. The first-order valence-corrected chi connectivity index (χ1v) is 42.1. The van der Waals surface area contributed by atoms with Gasteiger partial charge in [0.25, 0.3) is 5.91 Å². The summed E-state index contributed by atoms with van der Waals surface area (Å²) in [6.45, 7) is 32.0. The standard InChI is InChI=1S/C31H41N3O4.C30H41N3O4.C27H34N4O3.3C2H6.CH4/c1-4-11-25(29(32)36)26(18-21(2)3)30(37)33-27-16-8-9-17-34(31(27)38)20-22-12-10-15-24(19-22)28(35)23-13-6-5-7-14-23;1-4-11-25(28(31)34)26(18-21(2)3)29(35)32-27-16-8-9-17-33(30(27)36)20-22-12-10-15-24(19-22)37-23-13-6-5-7-14-23;1-5-11-19(24(28)32)21(16-17(2)3)26(33)30-25-27(34)31(4)22-15-10-9-14-20(22)23(29-25)18-12-7-6-8-13-18;3*1-2;/h5-7,10,12-15,19,21,25-27H,4,8-9,11,16-18,20H2,1-3H3,(H2,32,36)(H,33,37);5-7,10,12-15,19,21,25-27H,4,8-9,11,16-18,20H2,1-3H3,(H2,31,34)(H,32,35);6-10,12-15,17,19,21,25H,5,11,16H2,1-4H3,(H2,28,32)(H,30,33);3*1-2H3;1H4/t2*25-,26+,27-;19-,21+,25?;;;;/m000..../s1. The molecule has 9 N–H and O–H groups in total. The van der Waals surface area contributed by atoms with Crippen LogP contribution in [0.15, 0.2) is 169 Å². The number of benzene rings is 6. The first kappa shape index (κ1) is 99.9. The Balaban J connectivity index is 0.000000434. The van der Waals surface area contributed by atoms with Crippen LogP contribution in [0.3, 0.4) is 0 Å². The highest BCUT2D eigenvalue weighted by Gasteiger charge is 2.40. The summed E-state index contributed by atoms with van der Waals surface area (Å²) in [6.07, 6.45) is 8.80. The van der Waals surface area contributed by atoms with Crippen molar-refractivity contribution in [1.29, 1.82) is 0 Å². The summed E-state index contributed by atoms with van der Waals surface area (Å²) < 4.78 is 5.95. The summed E-state index contributed by atoms with van der Waals surface area (Å²) in [5.41, 5.74) is 23.1. The van der Waals surface area contributed by atoms with E-state index in [0.717, 1.165) is 72.9 Å². The molecule has 0 aliphatic carbocycles. The number of hydrogen-bond donors (Lipinski definition) is 6. The number of anilines is 1. The summed E-state index contributed by atoms with van der Waals surface area (Å²) in [7, 11) is 1.68. The van der Waals surface area contributed by atoms with Gasteiger partial charge in [-0.05, 0) is 142 Å². The van der Waals surface area contributed by atoms with Crippen molar-refractivity contribution in [2.24, 2.45) is 75.5 Å². The fraction of sp³-hybridized carbons (Fsp3) is 0.505. The fourth-order valence-electron chi connectivity index (χ4n) is 14.8. The predicted molar refractivity (Wildman–Crippen MR) is 468 cm³/mol. The van der Waals surface area contributed by atoms with Gasteiger partial charge in [-0.3, -0.25) is 47.9 Å². The molecule has 0 radical (unpaired) electrons. The molecule has 9 rings (SSSR count). The molecule has 0 aromatic heterocycles. The van der Waals surface area contributed by atoms with Crippen LogP contribution in [0.2, 0.25) is 0 Å². The number of ether oxygens (including phenoxy) is 1. The number of likely N-dealkylation sites (N-methyl/N-ethyl adjacent to an activating group) is 1. The zero-order valence-corrected chi connectivity index (χ0v) is 71.5. The molecule has 634 valence electrons. The van der Waals surface area contributed by atoms with Gasteiger partial charge < -0.3 is 52.6 Å². The largest absolute Gasteiger partial charge is 0.457 e. The van der Waals surface area contributed by atoms with Crippen LogP contribution in [-0.2, 0) is 56.2 Å². The second kappa shape index (κ2) is 53.0. The number of primary amides is 3. The van der Waals surface area contributed by atoms with Crippen molar-refractivity contribution in [2.75, 3.05) is 25.0 Å². The number of rotatable bonds is 33. The van der Waals surface area contributed by atoms with E-state index in [1.807, 2.05) is 254 Å². The van der Waals surface area contributed by atoms with E-state index < -0.39 is 71.5 Å². The summed E-state index contributed by atoms with van der Waals surface area (Å²) >= 11 is 0. The second-order valence-electron chi connectivity index (χ2n) is 30.4. The monoisotopic (exact) mass is 1600 g/mol. The lowest BCUT2D eigenvalue weighted by Gasteiger charge is -2.29. The fourth-order valence-corrected chi connectivity index (χ4v) is 14.8. The van der Waals surface area contributed by atoms with Crippen LogP contribution in [0.25, 0.3) is 0 Å². The molecule has 1 unspecified atom stereocenters. The Labute approximate surface area is 693 Å². The Morgan fingerprint density at radius 2 is 0.828 bits per heavy atom. The van der Waals surface area contributed by atoms with E-state index in [1.54, 1.807) is 30.1 Å². The minimum atomic E-state index is -1.12. The van der Waals surface area contributed by atoms with Crippen LogP contribution >= 0.6 is 0 Å². The lowest BCUT2D eigenvalue weighted by atomic mass is 9.81. The molecule has 116 heavy (non-hydrogen) atoms. The maximum Gasteiger partial charge on any atom is 0.272 e. The van der Waals surface area contributed by atoms with Gasteiger partial charge in [-0.25, -0.2) is 4.99 Å². The minimum absolute atomic E-state index is 0. The number of para-hydroxylation sites is 2. The molecule has 3 heterocycles. The number of likely N-dealkylation sites (tertiary alicyclic amines) is 2. The van der Waals surface area contributed by atoms with Crippen molar-refractivity contribution in [3.63, 3.8) is 0 Å². The third-order valence-corrected chi connectivity index (χ3v) is 20.3. The highest BCUT2D eigenvalue weighted by molar-refractivity contribution is 6.20. The first-order valence-electron chi connectivity index (χ1n) is 42.1. The molecule has 9 amide bonds. The molecular weight excluding hydrogens is 1460 g/mol. The van der Waals surface area contributed by atoms with Gasteiger partial charge in [0.1, 0.15) is 23.6 Å². The number of nitrogens with zero attached hydrogens (tertiary/aromatic N) is 4. The van der Waals surface area contributed by atoms with Crippen molar-refractivity contribution in [3.8, 4) is 11.5 Å². The van der Waals surface area contributed by atoms with Crippen LogP contribution in [0.4, 0.5) is 5.69 Å². The van der Waals surface area contributed by atoms with E-state index in [-0.39, 0.29) is 66.4 Å². The Kier molecular flexibility index (Phi) is 45.7. The molecule has 2 saturated heterocycles. The van der Waals surface area contributed by atoms with Gasteiger partial charge in [0.2, 0.25) is 53.4 Å². The molecule has 0 bridgehead atoms. The Morgan fingerprint density at radius 3 is 1.26 bits per heavy atom. The van der Waals surface area contributed by atoms with E-state index in [2.05, 4.69) is 16.0 Å². The zero-order valence-electron chi connectivity index (χ0n) is 71.5. The number of benzodiazepines with no additional fused rings is 1. The lowest BCUT2D eigenvalue weighted by Crippen LogP contribution is -2.50. The molecule has 21 heteroatoms. The molecule has 6 aromatic rings. The molecule has 0 spiro atoms. The molecule has 0 saturated carbocycles. The third kappa shape index (κ3) is 31.0. The van der Waals surface area contributed by atoms with Crippen molar-refractivity contribution < 1.29 is 52.7 Å². The van der Waals surface area contributed by atoms with Gasteiger partial charge in [-0.1, -0.05) is 258 Å². The first-order chi connectivity index (χ1) is 55.2. The number of hydrogen-bond acceptors (Lipinski definition) is 12. The highest BCUT2D eigenvalue weighted by atomic mass is 16.5. The topological polar surface area (TPSA) is 316 Å². The summed E-state index contributed by atoms with van der Waals surface area (Å²) in [6, 6.07) is 49.7. The minimum Gasteiger partial charge on any atom is -0.457 e. The number of amides is 9. The SMILES string of the molecule is C.CC.CC.CC.CCC[C@H](C(N)=O)[C@@H](CC(C)C)C(=O)NC1N=C(c2ccccc2)c2ccccc2N(C)C1=O.CCC[C@H](C(N)=O)[C@@H](CC(C)C)C(=O)N[C@H]1CCCCN(Cc2cccc(C(=O)c3ccccc3)c2)C1=O.CCC[C@H](C(N)=O)[C@@H](CC(C)C)C(=O)N[C@H]1CCCCN(Cc2cccc(Oc3ccccc3)c2)C1=O. The van der Waals surface area contributed by atoms with Gasteiger partial charge >= 0.3 is 0 Å². The van der Waals surface area contributed by atoms with E-state index in [0.29, 0.717) is 106 Å². The number of carbonyl (C=O) groups is 10. The van der Waals surface area contributed by atoms with Crippen LogP contribution in [-0.4, -0.2) is 113 Å². The number of aliphatic imine (C=N–C) groups is 1. The van der Waals surface area contributed by atoms with Gasteiger partial charge in [0.05, 0.1) is 11.4 Å². The Bertz CT molecular complexity index is 4040. The van der Waals surface area contributed by atoms with E-state index in [1.165, 1.54) is 4.90 Å². The average molecular weight is 1600 g/mol. The van der Waals surface area contributed by atoms with Gasteiger partial charge in [0.15, 0.2) is 5.78 Å². The molecule has 21 nitrogen and oxygen atoms in total. The number of carbonyl (C=O) groups excluding carboxylic acids is 10. The van der Waals surface area contributed by atoms with Crippen molar-refractivity contribution >= 4 is 70.3 Å². The summed E-state index contributed by atoms with van der Waals surface area (Å²) in [4.78, 5) is 140. The lowest BCUT2D eigenvalue weighted by molar-refractivity contribution is -0.139. The molecule has 3 aliphatic rings. The molecule has 9 atom stereocenters. The maximum absolute atomic E-state index is 13.6. The van der Waals surface area contributed by atoms with Gasteiger partial charge in [-0.15, -0.1) is 0 Å². The van der Waals surface area contributed by atoms with Crippen molar-refractivity contribution in [3.05, 3.63) is 197 Å². The molecule has 2 fully saturated rings. The highest BCUT2D eigenvalue weighted by Crippen LogP contribution is 2.33. The second-order valence-corrected chi connectivity index (χ2v) is 30.4. The van der Waals surface area contributed by atoms with Crippen LogP contribution in [0, 0.1) is 53.3 Å². The van der Waals surface area contributed by atoms with Crippen molar-refractivity contribution in [2.45, 2.75) is 239 Å². The van der Waals surface area contributed by atoms with Crippen LogP contribution in [0.1, 0.15) is 246 Å². The summed E-state index contributed by atoms with van der Waals surface area (Å²) in [5, 5.41) is 8.84.